The monoisotopic (exact) mass is 330 g/mol. The van der Waals surface area contributed by atoms with Gasteiger partial charge in [-0.3, -0.25) is 14.5 Å². The minimum Gasteiger partial charge on any atom is -0.350 e. The van der Waals surface area contributed by atoms with E-state index in [1.807, 2.05) is 0 Å². The molecule has 0 aliphatic carbocycles. The molecule has 2 amide bonds. The van der Waals surface area contributed by atoms with Gasteiger partial charge in [-0.1, -0.05) is 18.2 Å². The molecule has 2 aromatic rings. The number of hydrogen-bond donors (Lipinski definition) is 1. The zero-order valence-electron chi connectivity index (χ0n) is 12.8. The lowest BCUT2D eigenvalue weighted by Crippen LogP contribution is -2.44. The second-order valence-electron chi connectivity index (χ2n) is 5.60. The van der Waals surface area contributed by atoms with Crippen molar-refractivity contribution in [1.82, 2.24) is 5.32 Å². The van der Waals surface area contributed by atoms with E-state index >= 15 is 0 Å². The summed E-state index contributed by atoms with van der Waals surface area (Å²) in [6.07, 6.45) is 0.620. The maximum Gasteiger partial charge on any atom is 0.243 e. The Hall–Kier alpha value is -2.76. The maximum atomic E-state index is 13.6. The Labute approximate surface area is 138 Å². The number of amides is 2. The van der Waals surface area contributed by atoms with Gasteiger partial charge >= 0.3 is 0 Å². The molecule has 0 saturated carbocycles. The molecule has 1 aliphatic rings. The first-order chi connectivity index (χ1) is 11.6. The summed E-state index contributed by atoms with van der Waals surface area (Å²) in [6.45, 7) is 0.0491. The van der Waals surface area contributed by atoms with Crippen molar-refractivity contribution in [3.63, 3.8) is 0 Å². The van der Waals surface area contributed by atoms with Crippen LogP contribution in [-0.2, 0) is 16.1 Å². The standard InChI is InChI=1S/C18H16F2N2O2/c19-13-5-7-14(8-6-13)22-16(9-10-17(22)23)18(24)21-11-12-3-1-2-4-15(12)20/h1-8,16H,9-11H2,(H,21,24). The predicted molar refractivity (Wildman–Crippen MR) is 85.2 cm³/mol. The molecule has 0 bridgehead atoms. The molecule has 0 aromatic heterocycles. The van der Waals surface area contributed by atoms with Crippen LogP contribution in [0.3, 0.4) is 0 Å². The van der Waals surface area contributed by atoms with E-state index in [9.17, 15) is 18.4 Å². The van der Waals surface area contributed by atoms with Gasteiger partial charge in [0.2, 0.25) is 11.8 Å². The second kappa shape index (κ2) is 6.78. The molecule has 1 heterocycles. The van der Waals surface area contributed by atoms with Gasteiger partial charge in [0, 0.05) is 24.2 Å². The molecule has 1 saturated heterocycles. The van der Waals surface area contributed by atoms with Crippen LogP contribution < -0.4 is 10.2 Å². The van der Waals surface area contributed by atoms with Crippen molar-refractivity contribution in [2.24, 2.45) is 0 Å². The number of carbonyl (C=O) groups is 2. The molecule has 24 heavy (non-hydrogen) atoms. The van der Waals surface area contributed by atoms with E-state index in [1.165, 1.54) is 35.2 Å². The quantitative estimate of drug-likeness (QED) is 0.937. The lowest BCUT2D eigenvalue weighted by atomic mass is 10.1. The van der Waals surface area contributed by atoms with Crippen LogP contribution in [-0.4, -0.2) is 17.9 Å². The molecule has 124 valence electrons. The number of anilines is 1. The molecule has 6 heteroatoms. The van der Waals surface area contributed by atoms with Gasteiger partial charge in [-0.05, 0) is 36.8 Å². The molecular formula is C18H16F2N2O2. The highest BCUT2D eigenvalue weighted by atomic mass is 19.1. The zero-order chi connectivity index (χ0) is 17.1. The largest absolute Gasteiger partial charge is 0.350 e. The average molecular weight is 330 g/mol. The van der Waals surface area contributed by atoms with E-state index in [2.05, 4.69) is 5.32 Å². The van der Waals surface area contributed by atoms with Crippen LogP contribution >= 0.6 is 0 Å². The van der Waals surface area contributed by atoms with Crippen molar-refractivity contribution in [2.75, 3.05) is 4.90 Å². The third-order valence-corrected chi connectivity index (χ3v) is 4.03. The SMILES string of the molecule is O=C(NCc1ccccc1F)C1CCC(=O)N1c1ccc(F)cc1. The van der Waals surface area contributed by atoms with Crippen molar-refractivity contribution in [3.05, 3.63) is 65.7 Å². The first-order valence-corrected chi connectivity index (χ1v) is 7.65. The molecule has 1 aliphatic heterocycles. The van der Waals surface area contributed by atoms with Gasteiger partial charge in [-0.25, -0.2) is 8.78 Å². The summed E-state index contributed by atoms with van der Waals surface area (Å²) in [4.78, 5) is 25.9. The first kappa shape index (κ1) is 16.1. The highest BCUT2D eigenvalue weighted by molar-refractivity contribution is 6.03. The fourth-order valence-electron chi connectivity index (χ4n) is 2.80. The second-order valence-corrected chi connectivity index (χ2v) is 5.60. The van der Waals surface area contributed by atoms with Gasteiger partial charge < -0.3 is 5.32 Å². The molecule has 3 rings (SSSR count). The van der Waals surface area contributed by atoms with E-state index in [0.717, 1.165) is 0 Å². The number of nitrogens with zero attached hydrogens (tertiary/aromatic N) is 1. The minimum absolute atomic E-state index is 0.0491. The van der Waals surface area contributed by atoms with E-state index in [4.69, 9.17) is 0 Å². The number of hydrogen-bond acceptors (Lipinski definition) is 2. The van der Waals surface area contributed by atoms with Gasteiger partial charge in [0.25, 0.3) is 0 Å². The fourth-order valence-corrected chi connectivity index (χ4v) is 2.80. The Morgan fingerprint density at radius 1 is 1.12 bits per heavy atom. The number of rotatable bonds is 4. The van der Waals surface area contributed by atoms with Gasteiger partial charge in [0.15, 0.2) is 0 Å². The molecule has 1 N–H and O–H groups in total. The smallest absolute Gasteiger partial charge is 0.243 e. The molecule has 1 atom stereocenters. The average Bonchev–Trinajstić information content (AvgIpc) is 2.96. The Kier molecular flexibility index (Phi) is 4.55. The third-order valence-electron chi connectivity index (χ3n) is 4.03. The van der Waals surface area contributed by atoms with E-state index in [0.29, 0.717) is 17.7 Å². The van der Waals surface area contributed by atoms with Gasteiger partial charge in [0.05, 0.1) is 0 Å². The number of halogens is 2. The number of nitrogens with one attached hydrogen (secondary N) is 1. The lowest BCUT2D eigenvalue weighted by Gasteiger charge is -2.24. The Balaban J connectivity index is 1.72. The molecule has 2 aromatic carbocycles. The van der Waals surface area contributed by atoms with Crippen molar-refractivity contribution < 1.29 is 18.4 Å². The van der Waals surface area contributed by atoms with E-state index in [1.54, 1.807) is 18.2 Å². The molecule has 4 nitrogen and oxygen atoms in total. The Bertz CT molecular complexity index is 762. The maximum absolute atomic E-state index is 13.6. The highest BCUT2D eigenvalue weighted by Gasteiger charge is 2.36. The fraction of sp³-hybridized carbons (Fsp3) is 0.222. The summed E-state index contributed by atoms with van der Waals surface area (Å²) in [5.74, 6) is -1.34. The summed E-state index contributed by atoms with van der Waals surface area (Å²) in [5.41, 5.74) is 0.855. The molecule has 1 unspecified atom stereocenters. The van der Waals surface area contributed by atoms with Crippen LogP contribution in [0.2, 0.25) is 0 Å². The Morgan fingerprint density at radius 3 is 2.54 bits per heavy atom. The van der Waals surface area contributed by atoms with E-state index in [-0.39, 0.29) is 24.8 Å². The summed E-state index contributed by atoms with van der Waals surface area (Å²) < 4.78 is 26.7. The van der Waals surface area contributed by atoms with Crippen molar-refractivity contribution in [2.45, 2.75) is 25.4 Å². The third kappa shape index (κ3) is 3.27. The molecule has 0 spiro atoms. The van der Waals surface area contributed by atoms with Gasteiger partial charge in [-0.15, -0.1) is 0 Å². The summed E-state index contributed by atoms with van der Waals surface area (Å²) in [7, 11) is 0. The topological polar surface area (TPSA) is 49.4 Å². The van der Waals surface area contributed by atoms with Crippen molar-refractivity contribution in [1.29, 1.82) is 0 Å². The lowest BCUT2D eigenvalue weighted by molar-refractivity contribution is -0.124. The summed E-state index contributed by atoms with van der Waals surface area (Å²) in [6, 6.07) is 10.9. The van der Waals surface area contributed by atoms with Crippen molar-refractivity contribution >= 4 is 17.5 Å². The Morgan fingerprint density at radius 2 is 1.83 bits per heavy atom. The van der Waals surface area contributed by atoms with Crippen LogP contribution in [0, 0.1) is 11.6 Å². The van der Waals surface area contributed by atoms with Crippen LogP contribution in [0.4, 0.5) is 14.5 Å². The number of carbonyl (C=O) groups excluding carboxylic acids is 2. The van der Waals surface area contributed by atoms with Gasteiger partial charge in [0.1, 0.15) is 17.7 Å². The molecule has 1 fully saturated rings. The van der Waals surface area contributed by atoms with Crippen LogP contribution in [0.5, 0.6) is 0 Å². The summed E-state index contributed by atoms with van der Waals surface area (Å²) >= 11 is 0. The van der Waals surface area contributed by atoms with E-state index < -0.39 is 17.7 Å². The van der Waals surface area contributed by atoms with Crippen LogP contribution in [0.1, 0.15) is 18.4 Å². The van der Waals surface area contributed by atoms with Crippen LogP contribution in [0.25, 0.3) is 0 Å². The van der Waals surface area contributed by atoms with Crippen molar-refractivity contribution in [3.8, 4) is 0 Å². The minimum atomic E-state index is -0.672. The summed E-state index contributed by atoms with van der Waals surface area (Å²) in [5, 5.41) is 2.67. The molecule has 0 radical (unpaired) electrons. The van der Waals surface area contributed by atoms with Gasteiger partial charge in [-0.2, -0.15) is 0 Å². The molecular weight excluding hydrogens is 314 g/mol. The number of benzene rings is 2. The zero-order valence-corrected chi connectivity index (χ0v) is 12.8. The normalized spacial score (nSPS) is 17.2. The van der Waals surface area contributed by atoms with Crippen LogP contribution in [0.15, 0.2) is 48.5 Å². The predicted octanol–water partition coefficient (Wildman–Crippen LogP) is 2.78. The first-order valence-electron chi connectivity index (χ1n) is 7.65. The highest BCUT2D eigenvalue weighted by Crippen LogP contribution is 2.27.